The SMILES string of the molecule is Cc1c(N=C=O)cccc1NC1CC(C)(C)N(O)C(C)(C)C1. The summed E-state index contributed by atoms with van der Waals surface area (Å²) in [4.78, 5) is 14.2. The molecule has 1 aliphatic rings. The second-order valence-corrected chi connectivity index (χ2v) is 7.34. The highest BCUT2D eigenvalue weighted by Crippen LogP contribution is 2.38. The van der Waals surface area contributed by atoms with Gasteiger partial charge in [0.15, 0.2) is 0 Å². The predicted octanol–water partition coefficient (Wildman–Crippen LogP) is 3.79. The molecule has 0 atom stereocenters. The maximum absolute atomic E-state index is 10.5. The average Bonchev–Trinajstić information content (AvgIpc) is 2.40. The van der Waals surface area contributed by atoms with Crippen LogP contribution in [0.4, 0.5) is 11.4 Å². The Bertz CT molecular complexity index is 586. The number of benzene rings is 1. The van der Waals surface area contributed by atoms with Gasteiger partial charge in [-0.25, -0.2) is 4.79 Å². The Hall–Kier alpha value is -1.68. The number of nitrogens with one attached hydrogen (secondary N) is 1. The van der Waals surface area contributed by atoms with E-state index in [2.05, 4.69) is 10.3 Å². The molecular formula is C17H25N3O2. The first-order valence-electron chi connectivity index (χ1n) is 7.60. The molecule has 0 aliphatic carbocycles. The molecule has 1 saturated heterocycles. The molecule has 1 fully saturated rings. The van der Waals surface area contributed by atoms with Crippen LogP contribution in [0, 0.1) is 6.92 Å². The number of hydroxylamine groups is 2. The lowest BCUT2D eigenvalue weighted by Gasteiger charge is -2.51. The van der Waals surface area contributed by atoms with Crippen LogP contribution in [-0.2, 0) is 4.79 Å². The molecule has 2 rings (SSSR count). The second-order valence-electron chi connectivity index (χ2n) is 7.34. The van der Waals surface area contributed by atoms with Gasteiger partial charge < -0.3 is 10.5 Å². The van der Waals surface area contributed by atoms with Crippen LogP contribution in [0.25, 0.3) is 0 Å². The van der Waals surface area contributed by atoms with Gasteiger partial charge in [-0.1, -0.05) is 6.07 Å². The van der Waals surface area contributed by atoms with E-state index >= 15 is 0 Å². The van der Waals surface area contributed by atoms with Crippen LogP contribution in [0.1, 0.15) is 46.1 Å². The number of anilines is 1. The first-order chi connectivity index (χ1) is 10.2. The minimum atomic E-state index is -0.300. The molecule has 22 heavy (non-hydrogen) atoms. The number of rotatable bonds is 3. The zero-order valence-corrected chi connectivity index (χ0v) is 14.0. The van der Waals surface area contributed by atoms with Gasteiger partial charge in [0.2, 0.25) is 6.08 Å². The minimum Gasteiger partial charge on any atom is -0.382 e. The number of hydrogen-bond donors (Lipinski definition) is 2. The van der Waals surface area contributed by atoms with Gasteiger partial charge in [-0.15, -0.1) is 0 Å². The van der Waals surface area contributed by atoms with E-state index < -0.39 is 0 Å². The first-order valence-corrected chi connectivity index (χ1v) is 7.60. The normalized spacial score (nSPS) is 21.2. The fourth-order valence-electron chi connectivity index (χ4n) is 3.54. The van der Waals surface area contributed by atoms with E-state index in [9.17, 15) is 10.0 Å². The molecule has 0 spiro atoms. The minimum absolute atomic E-state index is 0.238. The molecule has 120 valence electrons. The van der Waals surface area contributed by atoms with Crippen molar-refractivity contribution < 1.29 is 10.0 Å². The molecule has 5 nitrogen and oxygen atoms in total. The molecule has 0 saturated carbocycles. The first kappa shape index (κ1) is 16.7. The van der Waals surface area contributed by atoms with E-state index in [0.29, 0.717) is 5.69 Å². The third kappa shape index (κ3) is 3.22. The Morgan fingerprint density at radius 3 is 2.41 bits per heavy atom. The number of aliphatic imine (C=N–C) groups is 1. The summed E-state index contributed by atoms with van der Waals surface area (Å²) in [5.74, 6) is 0. The van der Waals surface area contributed by atoms with E-state index in [1.165, 1.54) is 5.06 Å². The quantitative estimate of drug-likeness (QED) is 0.659. The fraction of sp³-hybridized carbons (Fsp3) is 0.588. The topological polar surface area (TPSA) is 64.9 Å². The van der Waals surface area contributed by atoms with Gasteiger partial charge in [0.05, 0.1) is 5.69 Å². The zero-order chi connectivity index (χ0) is 16.5. The summed E-state index contributed by atoms with van der Waals surface area (Å²) in [6, 6.07) is 5.91. The summed E-state index contributed by atoms with van der Waals surface area (Å²) in [6.07, 6.45) is 3.25. The number of nitrogens with zero attached hydrogens (tertiary/aromatic N) is 2. The Balaban J connectivity index is 2.25. The van der Waals surface area contributed by atoms with Crippen molar-refractivity contribution in [3.8, 4) is 0 Å². The van der Waals surface area contributed by atoms with Crippen molar-refractivity contribution in [3.63, 3.8) is 0 Å². The van der Waals surface area contributed by atoms with Crippen molar-refractivity contribution in [3.05, 3.63) is 23.8 Å². The van der Waals surface area contributed by atoms with Crippen molar-refractivity contribution in [2.45, 2.75) is 64.6 Å². The summed E-state index contributed by atoms with van der Waals surface area (Å²) >= 11 is 0. The van der Waals surface area contributed by atoms with Crippen LogP contribution in [0.2, 0.25) is 0 Å². The largest absolute Gasteiger partial charge is 0.382 e. The summed E-state index contributed by atoms with van der Waals surface area (Å²) < 4.78 is 0. The summed E-state index contributed by atoms with van der Waals surface area (Å²) in [5.41, 5.74) is 1.95. The van der Waals surface area contributed by atoms with Crippen LogP contribution in [-0.4, -0.2) is 33.5 Å². The van der Waals surface area contributed by atoms with E-state index in [0.717, 1.165) is 24.1 Å². The third-order valence-corrected chi connectivity index (χ3v) is 4.47. The van der Waals surface area contributed by atoms with Crippen molar-refractivity contribution >= 4 is 17.5 Å². The summed E-state index contributed by atoms with van der Waals surface area (Å²) in [5, 5.41) is 15.4. The van der Waals surface area contributed by atoms with E-state index in [1.807, 2.05) is 46.8 Å². The summed E-state index contributed by atoms with van der Waals surface area (Å²) in [6.45, 7) is 10.1. The molecule has 1 aromatic carbocycles. The number of isocyanates is 1. The molecule has 0 unspecified atom stereocenters. The van der Waals surface area contributed by atoms with Crippen molar-refractivity contribution in [2.75, 3.05) is 5.32 Å². The van der Waals surface area contributed by atoms with Gasteiger partial charge >= 0.3 is 0 Å². The lowest BCUT2D eigenvalue weighted by molar-refractivity contribution is -0.243. The maximum atomic E-state index is 10.5. The fourth-order valence-corrected chi connectivity index (χ4v) is 3.54. The molecule has 1 aromatic rings. The van der Waals surface area contributed by atoms with Crippen molar-refractivity contribution in [1.29, 1.82) is 0 Å². The molecule has 1 heterocycles. The Labute approximate surface area is 132 Å². The maximum Gasteiger partial charge on any atom is 0.240 e. The van der Waals surface area contributed by atoms with E-state index in [4.69, 9.17) is 0 Å². The van der Waals surface area contributed by atoms with E-state index in [-0.39, 0.29) is 17.1 Å². The number of piperidine rings is 1. The van der Waals surface area contributed by atoms with Crippen LogP contribution in [0.3, 0.4) is 0 Å². The van der Waals surface area contributed by atoms with Crippen molar-refractivity contribution in [1.82, 2.24) is 5.06 Å². The lowest BCUT2D eigenvalue weighted by Crippen LogP contribution is -2.61. The predicted molar refractivity (Wildman–Crippen MR) is 87.4 cm³/mol. The molecule has 0 bridgehead atoms. The molecule has 1 aliphatic heterocycles. The van der Waals surface area contributed by atoms with Gasteiger partial charge in [-0.3, -0.25) is 0 Å². The molecule has 0 amide bonds. The van der Waals surface area contributed by atoms with Gasteiger partial charge in [0.25, 0.3) is 0 Å². The van der Waals surface area contributed by atoms with E-state index in [1.54, 1.807) is 12.1 Å². The number of carbonyl (C=O) groups excluding carboxylic acids is 1. The zero-order valence-electron chi connectivity index (χ0n) is 14.0. The third-order valence-electron chi connectivity index (χ3n) is 4.47. The lowest BCUT2D eigenvalue weighted by atomic mass is 9.79. The highest BCUT2D eigenvalue weighted by molar-refractivity contribution is 5.65. The average molecular weight is 303 g/mol. The Morgan fingerprint density at radius 2 is 1.86 bits per heavy atom. The highest BCUT2D eigenvalue weighted by Gasteiger charge is 2.45. The van der Waals surface area contributed by atoms with Gasteiger partial charge in [0.1, 0.15) is 0 Å². The van der Waals surface area contributed by atoms with Gasteiger partial charge in [-0.2, -0.15) is 10.1 Å². The smallest absolute Gasteiger partial charge is 0.240 e. The van der Waals surface area contributed by atoms with Gasteiger partial charge in [0, 0.05) is 22.8 Å². The standard InChI is InChI=1S/C17H25N3O2/c1-12-14(18-11-21)7-6-8-15(12)19-13-9-16(2,3)20(22)17(4,5)10-13/h6-8,13,19,22H,9-10H2,1-5H3. The highest BCUT2D eigenvalue weighted by atomic mass is 16.5. The summed E-state index contributed by atoms with van der Waals surface area (Å²) in [7, 11) is 0. The van der Waals surface area contributed by atoms with Crippen LogP contribution in [0.15, 0.2) is 23.2 Å². The number of hydrogen-bond acceptors (Lipinski definition) is 5. The molecule has 0 aromatic heterocycles. The van der Waals surface area contributed by atoms with Gasteiger partial charge in [-0.05, 0) is 65.2 Å². The van der Waals surface area contributed by atoms with Crippen LogP contribution in [0.5, 0.6) is 0 Å². The second kappa shape index (κ2) is 5.84. The van der Waals surface area contributed by atoms with Crippen molar-refractivity contribution in [2.24, 2.45) is 4.99 Å². The monoisotopic (exact) mass is 303 g/mol. The Morgan fingerprint density at radius 1 is 1.27 bits per heavy atom. The van der Waals surface area contributed by atoms with Crippen LogP contribution >= 0.6 is 0 Å². The molecular weight excluding hydrogens is 278 g/mol. The molecule has 0 radical (unpaired) electrons. The molecule has 2 N–H and O–H groups in total. The Kier molecular flexibility index (Phi) is 4.43. The molecule has 5 heteroatoms. The van der Waals surface area contributed by atoms with Crippen LogP contribution < -0.4 is 5.32 Å².